The van der Waals surface area contributed by atoms with Crippen molar-refractivity contribution < 1.29 is 18.7 Å². The Morgan fingerprint density at radius 2 is 2.20 bits per heavy atom. The second-order valence-corrected chi connectivity index (χ2v) is 7.18. The third-order valence-electron chi connectivity index (χ3n) is 4.62. The van der Waals surface area contributed by atoms with Gasteiger partial charge >= 0.3 is 5.97 Å². The van der Waals surface area contributed by atoms with Crippen LogP contribution in [0.4, 0.5) is 0 Å². The standard InChI is InChI=1S/C18H18N2O4S/c21-17(11-24-18(22)12-4-1-5-12)20-14(15-6-2-8-23-15)10-13(19-20)16-7-3-9-25-16/h2-3,6-9,12,14H,1,4-5,10-11H2. The van der Waals surface area contributed by atoms with Gasteiger partial charge in [-0.05, 0) is 36.4 Å². The van der Waals surface area contributed by atoms with E-state index in [4.69, 9.17) is 9.15 Å². The molecule has 1 unspecified atom stereocenters. The van der Waals surface area contributed by atoms with Crippen molar-refractivity contribution in [1.82, 2.24) is 5.01 Å². The van der Waals surface area contributed by atoms with E-state index in [-0.39, 0.29) is 30.4 Å². The number of carbonyl (C=O) groups excluding carboxylic acids is 2. The smallest absolute Gasteiger partial charge is 0.309 e. The Hall–Kier alpha value is -2.41. The van der Waals surface area contributed by atoms with Gasteiger partial charge in [0.05, 0.1) is 22.8 Å². The van der Waals surface area contributed by atoms with Gasteiger partial charge < -0.3 is 9.15 Å². The van der Waals surface area contributed by atoms with Crippen LogP contribution < -0.4 is 0 Å². The highest BCUT2D eigenvalue weighted by Crippen LogP contribution is 2.34. The Bertz CT molecular complexity index is 778. The van der Waals surface area contributed by atoms with Gasteiger partial charge in [-0.15, -0.1) is 11.3 Å². The van der Waals surface area contributed by atoms with Crippen molar-refractivity contribution >= 4 is 28.9 Å². The average molecular weight is 358 g/mol. The number of carbonyl (C=O) groups is 2. The van der Waals surface area contributed by atoms with Crippen LogP contribution in [0.25, 0.3) is 0 Å². The number of esters is 1. The Kier molecular flexibility index (Phi) is 4.40. The molecule has 0 bridgehead atoms. The van der Waals surface area contributed by atoms with Crippen LogP contribution in [0, 0.1) is 5.92 Å². The summed E-state index contributed by atoms with van der Waals surface area (Å²) in [6.45, 7) is -0.284. The molecule has 0 spiro atoms. The minimum Gasteiger partial charge on any atom is -0.467 e. The summed E-state index contributed by atoms with van der Waals surface area (Å²) in [7, 11) is 0. The predicted molar refractivity (Wildman–Crippen MR) is 92.1 cm³/mol. The van der Waals surface area contributed by atoms with E-state index in [1.165, 1.54) is 5.01 Å². The zero-order valence-corrected chi connectivity index (χ0v) is 14.4. The molecule has 0 aromatic carbocycles. The van der Waals surface area contributed by atoms with Crippen molar-refractivity contribution in [3.63, 3.8) is 0 Å². The van der Waals surface area contributed by atoms with Crippen molar-refractivity contribution in [2.24, 2.45) is 11.0 Å². The van der Waals surface area contributed by atoms with Gasteiger partial charge in [0.1, 0.15) is 11.8 Å². The maximum atomic E-state index is 12.6. The number of ether oxygens (including phenoxy) is 1. The molecule has 6 nitrogen and oxygen atoms in total. The number of hydrogen-bond acceptors (Lipinski definition) is 6. The molecule has 0 radical (unpaired) electrons. The molecule has 1 saturated carbocycles. The summed E-state index contributed by atoms with van der Waals surface area (Å²) in [5.74, 6) is 0.0165. The molecule has 3 heterocycles. The first-order valence-electron chi connectivity index (χ1n) is 8.36. The molecule has 1 atom stereocenters. The Balaban J connectivity index is 1.48. The highest BCUT2D eigenvalue weighted by Gasteiger charge is 2.36. The largest absolute Gasteiger partial charge is 0.467 e. The molecule has 4 rings (SSSR count). The minimum absolute atomic E-state index is 0.0440. The summed E-state index contributed by atoms with van der Waals surface area (Å²) in [5, 5.41) is 7.85. The van der Waals surface area contributed by atoms with Crippen molar-refractivity contribution in [2.45, 2.75) is 31.7 Å². The van der Waals surface area contributed by atoms with E-state index in [1.54, 1.807) is 23.7 Å². The number of thiophene rings is 1. The maximum absolute atomic E-state index is 12.6. The Morgan fingerprint density at radius 3 is 2.84 bits per heavy atom. The van der Waals surface area contributed by atoms with E-state index in [9.17, 15) is 9.59 Å². The third-order valence-corrected chi connectivity index (χ3v) is 5.54. The van der Waals surface area contributed by atoms with Gasteiger partial charge in [0, 0.05) is 6.42 Å². The van der Waals surface area contributed by atoms with Crippen LogP contribution in [0.15, 0.2) is 45.4 Å². The van der Waals surface area contributed by atoms with Gasteiger partial charge in [-0.3, -0.25) is 9.59 Å². The van der Waals surface area contributed by atoms with Gasteiger partial charge in [0.2, 0.25) is 0 Å². The molecule has 2 aromatic heterocycles. The molecule has 0 saturated heterocycles. The van der Waals surface area contributed by atoms with E-state index in [0.29, 0.717) is 12.2 Å². The molecular formula is C18H18N2O4S. The minimum atomic E-state index is -0.333. The predicted octanol–water partition coefficient (Wildman–Crippen LogP) is 3.36. The first-order chi connectivity index (χ1) is 12.2. The molecule has 1 fully saturated rings. The molecular weight excluding hydrogens is 340 g/mol. The molecule has 130 valence electrons. The summed E-state index contributed by atoms with van der Waals surface area (Å²) in [6, 6.07) is 7.25. The summed E-state index contributed by atoms with van der Waals surface area (Å²) < 4.78 is 10.7. The number of furan rings is 1. The lowest BCUT2D eigenvalue weighted by Crippen LogP contribution is -2.33. The summed E-state index contributed by atoms with van der Waals surface area (Å²) >= 11 is 1.58. The van der Waals surface area contributed by atoms with Crippen LogP contribution in [0.1, 0.15) is 42.4 Å². The second kappa shape index (κ2) is 6.84. The fourth-order valence-corrected chi connectivity index (χ4v) is 3.72. The number of amides is 1. The van der Waals surface area contributed by atoms with Crippen molar-refractivity contribution in [2.75, 3.05) is 6.61 Å². The zero-order valence-electron chi connectivity index (χ0n) is 13.6. The van der Waals surface area contributed by atoms with Gasteiger partial charge in [-0.1, -0.05) is 12.5 Å². The van der Waals surface area contributed by atoms with Gasteiger partial charge in [-0.2, -0.15) is 5.10 Å². The van der Waals surface area contributed by atoms with E-state index >= 15 is 0 Å². The molecule has 25 heavy (non-hydrogen) atoms. The van der Waals surface area contributed by atoms with Crippen molar-refractivity contribution in [3.05, 3.63) is 46.5 Å². The monoisotopic (exact) mass is 358 g/mol. The first kappa shape index (κ1) is 16.1. The topological polar surface area (TPSA) is 72.1 Å². The molecule has 1 aliphatic heterocycles. The molecule has 1 amide bonds. The first-order valence-corrected chi connectivity index (χ1v) is 9.24. The van der Waals surface area contributed by atoms with Crippen molar-refractivity contribution in [3.8, 4) is 0 Å². The Labute approximate surface area is 149 Å². The molecule has 2 aliphatic rings. The zero-order chi connectivity index (χ0) is 17.2. The normalized spacial score (nSPS) is 20.2. The average Bonchev–Trinajstić information content (AvgIpc) is 3.30. The molecule has 1 aliphatic carbocycles. The lowest BCUT2D eigenvalue weighted by Gasteiger charge is -2.24. The number of hydrazone groups is 1. The third kappa shape index (κ3) is 3.24. The summed E-state index contributed by atoms with van der Waals surface area (Å²) in [5.41, 5.74) is 0.843. The highest BCUT2D eigenvalue weighted by molar-refractivity contribution is 7.12. The van der Waals surface area contributed by atoms with Crippen LogP contribution in [0.5, 0.6) is 0 Å². The molecule has 2 aromatic rings. The highest BCUT2D eigenvalue weighted by atomic mass is 32.1. The number of hydrogen-bond donors (Lipinski definition) is 0. The lowest BCUT2D eigenvalue weighted by atomic mass is 9.86. The van der Waals surface area contributed by atoms with Gasteiger partial charge in [0.15, 0.2) is 6.61 Å². The lowest BCUT2D eigenvalue weighted by molar-refractivity contribution is -0.158. The van der Waals surface area contributed by atoms with E-state index in [1.807, 2.05) is 23.6 Å². The van der Waals surface area contributed by atoms with E-state index < -0.39 is 0 Å². The quantitative estimate of drug-likeness (QED) is 0.768. The van der Waals surface area contributed by atoms with Crippen LogP contribution in [0.3, 0.4) is 0 Å². The Morgan fingerprint density at radius 1 is 1.32 bits per heavy atom. The summed E-state index contributed by atoms with van der Waals surface area (Å²) in [4.78, 5) is 25.5. The van der Waals surface area contributed by atoms with E-state index in [2.05, 4.69) is 5.10 Å². The summed E-state index contributed by atoms with van der Waals surface area (Å²) in [6.07, 6.45) is 4.92. The van der Waals surface area contributed by atoms with Gasteiger partial charge in [0.25, 0.3) is 5.91 Å². The second-order valence-electron chi connectivity index (χ2n) is 6.23. The van der Waals surface area contributed by atoms with Crippen LogP contribution in [-0.2, 0) is 14.3 Å². The van der Waals surface area contributed by atoms with E-state index in [0.717, 1.165) is 29.9 Å². The van der Waals surface area contributed by atoms with Crippen LogP contribution in [-0.4, -0.2) is 29.2 Å². The fourth-order valence-electron chi connectivity index (χ4n) is 3.00. The SMILES string of the molecule is O=C(OCC(=O)N1N=C(c2cccs2)CC1c1ccco1)C1CCC1. The van der Waals surface area contributed by atoms with Gasteiger partial charge in [-0.25, -0.2) is 5.01 Å². The number of nitrogens with zero attached hydrogens (tertiary/aromatic N) is 2. The number of rotatable bonds is 5. The molecule has 0 N–H and O–H groups in total. The van der Waals surface area contributed by atoms with Crippen molar-refractivity contribution in [1.29, 1.82) is 0 Å². The maximum Gasteiger partial charge on any atom is 0.309 e. The van der Waals surface area contributed by atoms with Crippen LogP contribution in [0.2, 0.25) is 0 Å². The van der Waals surface area contributed by atoms with Crippen LogP contribution >= 0.6 is 11.3 Å². The molecule has 7 heteroatoms. The fraction of sp³-hybridized carbons (Fsp3) is 0.389.